The molecule has 0 saturated heterocycles. The molecule has 200 valence electrons. The first kappa shape index (κ1) is 24.0. The number of benzene rings is 2. The highest BCUT2D eigenvalue weighted by Crippen LogP contribution is 2.37. The summed E-state index contributed by atoms with van der Waals surface area (Å²) in [5, 5.41) is 0. The van der Waals surface area contributed by atoms with Gasteiger partial charge in [-0.1, -0.05) is 12.1 Å². The molecule has 2 aromatic carbocycles. The number of ether oxygens (including phenoxy) is 4. The summed E-state index contributed by atoms with van der Waals surface area (Å²) in [6, 6.07) is 15.6. The number of nitrogens with two attached hydrogens (primary N) is 2. The highest BCUT2D eigenvalue weighted by molar-refractivity contribution is 6.02. The zero-order valence-electron chi connectivity index (χ0n) is 21.6. The van der Waals surface area contributed by atoms with Gasteiger partial charge < -0.3 is 30.4 Å². The van der Waals surface area contributed by atoms with Gasteiger partial charge in [0.1, 0.15) is 38.1 Å². The SMILES string of the molecule is NC1=NCc2cc3c(cc21)OCc1cccnc1CO3.NC1=NCc2cc3c(cc21)OCc1ncccc1CO3. The highest BCUT2D eigenvalue weighted by atomic mass is 16.5. The minimum absolute atomic E-state index is 0.433. The molecule has 4 N–H and O–H groups in total. The Labute approximate surface area is 230 Å². The van der Waals surface area contributed by atoms with Gasteiger partial charge in [0, 0.05) is 34.6 Å². The third kappa shape index (κ3) is 4.43. The number of aromatic nitrogens is 2. The van der Waals surface area contributed by atoms with Crippen molar-refractivity contribution in [3.05, 3.63) is 106 Å². The van der Waals surface area contributed by atoms with E-state index in [9.17, 15) is 0 Å². The number of aliphatic imine (C=N–C) groups is 2. The molecular weight excluding hydrogens is 508 g/mol. The van der Waals surface area contributed by atoms with E-state index in [1.807, 2.05) is 48.5 Å². The average molecular weight is 535 g/mol. The molecule has 0 saturated carbocycles. The fourth-order valence-electron chi connectivity index (χ4n) is 4.97. The Kier molecular flexibility index (Phi) is 5.92. The third-order valence-corrected chi connectivity index (χ3v) is 7.19. The Morgan fingerprint density at radius 2 is 0.950 bits per heavy atom. The quantitative estimate of drug-likeness (QED) is 0.349. The Hall–Kier alpha value is -5.12. The van der Waals surface area contributed by atoms with Crippen LogP contribution in [0.4, 0.5) is 0 Å². The van der Waals surface area contributed by atoms with Crippen LogP contribution in [0.15, 0.2) is 70.9 Å². The summed E-state index contributed by atoms with van der Waals surface area (Å²) < 4.78 is 23.4. The van der Waals surface area contributed by atoms with E-state index in [1.54, 1.807) is 12.4 Å². The number of pyridine rings is 2. The van der Waals surface area contributed by atoms with Crippen molar-refractivity contribution in [2.24, 2.45) is 21.5 Å². The first-order chi connectivity index (χ1) is 19.6. The lowest BCUT2D eigenvalue weighted by Gasteiger charge is -2.19. The van der Waals surface area contributed by atoms with Gasteiger partial charge in [0.25, 0.3) is 0 Å². The van der Waals surface area contributed by atoms with Crippen LogP contribution in [0.2, 0.25) is 0 Å². The Morgan fingerprint density at radius 3 is 1.43 bits per heavy atom. The predicted octanol–water partition coefficient (Wildman–Crippen LogP) is 3.54. The van der Waals surface area contributed by atoms with Crippen molar-refractivity contribution in [3.63, 3.8) is 0 Å². The molecule has 4 aliphatic rings. The summed E-state index contributed by atoms with van der Waals surface area (Å²) in [6.45, 7) is 3.07. The maximum absolute atomic E-state index is 5.87. The number of amidine groups is 2. The number of fused-ring (bicyclic) bond motifs is 6. The normalized spacial score (nSPS) is 15.7. The second-order valence-corrected chi connectivity index (χ2v) is 9.69. The zero-order valence-corrected chi connectivity index (χ0v) is 21.6. The maximum Gasteiger partial charge on any atom is 0.162 e. The van der Waals surface area contributed by atoms with E-state index in [-0.39, 0.29) is 0 Å². The van der Waals surface area contributed by atoms with Gasteiger partial charge in [-0.2, -0.15) is 0 Å². The third-order valence-electron chi connectivity index (χ3n) is 7.19. The van der Waals surface area contributed by atoms with Gasteiger partial charge >= 0.3 is 0 Å². The molecule has 0 unspecified atom stereocenters. The summed E-state index contributed by atoms with van der Waals surface area (Å²) in [5.41, 5.74) is 19.7. The molecular formula is C30H26N6O4. The molecule has 6 heterocycles. The molecule has 10 nitrogen and oxygen atoms in total. The van der Waals surface area contributed by atoms with Crippen molar-refractivity contribution in [2.75, 3.05) is 0 Å². The fraction of sp³-hybridized carbons (Fsp3) is 0.200. The Balaban J connectivity index is 0.000000132. The second kappa shape index (κ2) is 9.88. The minimum atomic E-state index is 0.433. The maximum atomic E-state index is 5.87. The van der Waals surface area contributed by atoms with Crippen molar-refractivity contribution < 1.29 is 18.9 Å². The second-order valence-electron chi connectivity index (χ2n) is 9.69. The molecule has 0 fully saturated rings. The molecule has 10 heteroatoms. The molecule has 4 aromatic rings. The minimum Gasteiger partial charge on any atom is -0.485 e. The first-order valence-corrected chi connectivity index (χ1v) is 12.9. The molecule has 0 atom stereocenters. The van der Waals surface area contributed by atoms with Gasteiger partial charge in [0.2, 0.25) is 0 Å². The molecule has 40 heavy (non-hydrogen) atoms. The van der Waals surface area contributed by atoms with Crippen molar-refractivity contribution in [1.82, 2.24) is 9.97 Å². The largest absolute Gasteiger partial charge is 0.485 e. The Morgan fingerprint density at radius 1 is 0.525 bits per heavy atom. The van der Waals surface area contributed by atoms with Crippen LogP contribution in [0.5, 0.6) is 23.0 Å². The van der Waals surface area contributed by atoms with Gasteiger partial charge in [0.05, 0.1) is 24.5 Å². The van der Waals surface area contributed by atoms with E-state index in [1.165, 1.54) is 0 Å². The van der Waals surface area contributed by atoms with Gasteiger partial charge in [-0.15, -0.1) is 0 Å². The summed E-state index contributed by atoms with van der Waals surface area (Å²) >= 11 is 0. The number of nitrogens with zero attached hydrogens (tertiary/aromatic N) is 4. The van der Waals surface area contributed by atoms with Crippen LogP contribution in [0, 0.1) is 0 Å². The molecule has 8 rings (SSSR count). The van der Waals surface area contributed by atoms with E-state index in [4.69, 9.17) is 30.4 Å². The highest BCUT2D eigenvalue weighted by Gasteiger charge is 2.22. The molecule has 0 spiro atoms. The summed E-state index contributed by atoms with van der Waals surface area (Å²) in [4.78, 5) is 17.1. The lowest BCUT2D eigenvalue weighted by Crippen LogP contribution is -2.13. The summed E-state index contributed by atoms with van der Waals surface area (Å²) in [6.07, 6.45) is 3.53. The lowest BCUT2D eigenvalue weighted by molar-refractivity contribution is 0.234. The first-order valence-electron chi connectivity index (χ1n) is 12.9. The number of rotatable bonds is 0. The van der Waals surface area contributed by atoms with Crippen molar-refractivity contribution >= 4 is 11.7 Å². The zero-order chi connectivity index (χ0) is 27.1. The van der Waals surface area contributed by atoms with Gasteiger partial charge in [-0.3, -0.25) is 20.0 Å². The molecule has 0 radical (unpaired) electrons. The Bertz CT molecular complexity index is 1580. The topological polar surface area (TPSA) is 139 Å². The van der Waals surface area contributed by atoms with E-state index in [2.05, 4.69) is 20.0 Å². The smallest absolute Gasteiger partial charge is 0.162 e. The molecule has 2 aromatic heterocycles. The number of hydrogen-bond acceptors (Lipinski definition) is 10. The van der Waals surface area contributed by atoms with Gasteiger partial charge in [0.15, 0.2) is 23.0 Å². The van der Waals surface area contributed by atoms with Gasteiger partial charge in [-0.25, -0.2) is 0 Å². The fourth-order valence-corrected chi connectivity index (χ4v) is 4.97. The van der Waals surface area contributed by atoms with Crippen LogP contribution in [0.25, 0.3) is 0 Å². The standard InChI is InChI=1S/2C15H13N3O2/c16-15-11-5-14-13(4-10(11)6-18-15)20-8-12-9(7-19-14)2-1-3-17-12;16-15-11-5-14-13(4-10(11)6-18-15)19-7-9-2-1-3-17-12(9)8-20-14/h2*1-5H,6-8H2,(H2,16,18). The van der Waals surface area contributed by atoms with Crippen LogP contribution >= 0.6 is 0 Å². The summed E-state index contributed by atoms with van der Waals surface area (Å²) in [7, 11) is 0. The number of hydrogen-bond donors (Lipinski definition) is 2. The van der Waals surface area contributed by atoms with Crippen molar-refractivity contribution in [2.45, 2.75) is 39.5 Å². The molecule has 4 aliphatic heterocycles. The van der Waals surface area contributed by atoms with E-state index >= 15 is 0 Å². The lowest BCUT2D eigenvalue weighted by atomic mass is 10.1. The van der Waals surface area contributed by atoms with Crippen molar-refractivity contribution in [3.8, 4) is 23.0 Å². The van der Waals surface area contributed by atoms with Gasteiger partial charge in [-0.05, 0) is 47.5 Å². The van der Waals surface area contributed by atoms with Crippen LogP contribution < -0.4 is 30.4 Å². The average Bonchev–Trinajstić information content (AvgIpc) is 3.51. The van der Waals surface area contributed by atoms with E-state index < -0.39 is 0 Å². The van der Waals surface area contributed by atoms with E-state index in [0.717, 1.165) is 56.3 Å². The monoisotopic (exact) mass is 534 g/mol. The van der Waals surface area contributed by atoms with Crippen molar-refractivity contribution in [1.29, 1.82) is 0 Å². The molecule has 0 aliphatic carbocycles. The van der Waals surface area contributed by atoms with Crippen LogP contribution in [0.1, 0.15) is 44.8 Å². The van der Waals surface area contributed by atoms with Crippen LogP contribution in [-0.2, 0) is 39.5 Å². The van der Waals surface area contributed by atoms with Crippen LogP contribution in [-0.4, -0.2) is 21.6 Å². The summed E-state index contributed by atoms with van der Waals surface area (Å²) in [5.74, 6) is 3.99. The van der Waals surface area contributed by atoms with E-state index in [0.29, 0.717) is 62.7 Å². The molecule has 0 amide bonds. The predicted molar refractivity (Wildman–Crippen MR) is 148 cm³/mol. The van der Waals surface area contributed by atoms with Crippen LogP contribution in [0.3, 0.4) is 0 Å². The molecule has 0 bridgehead atoms.